The van der Waals surface area contributed by atoms with Crippen molar-refractivity contribution in [1.82, 2.24) is 10.6 Å². The summed E-state index contributed by atoms with van der Waals surface area (Å²) in [6.07, 6.45) is 2.70. The average Bonchev–Trinajstić information content (AvgIpc) is 3.04. The lowest BCUT2D eigenvalue weighted by Gasteiger charge is -2.10. The number of rotatable bonds is 7. The Morgan fingerprint density at radius 1 is 1.33 bits per heavy atom. The number of aliphatic imine (C=N–C) groups is 1. The van der Waals surface area contributed by atoms with E-state index in [4.69, 9.17) is 4.74 Å². The second kappa shape index (κ2) is 7.51. The lowest BCUT2D eigenvalue weighted by Crippen LogP contribution is -2.39. The van der Waals surface area contributed by atoms with Crippen molar-refractivity contribution in [1.29, 1.82) is 0 Å². The third kappa shape index (κ3) is 6.33. The van der Waals surface area contributed by atoms with Crippen molar-refractivity contribution >= 4 is 5.96 Å². The predicted molar refractivity (Wildman–Crippen MR) is 63.2 cm³/mol. The van der Waals surface area contributed by atoms with Crippen LogP contribution in [0.4, 0.5) is 0 Å². The van der Waals surface area contributed by atoms with E-state index in [1.165, 1.54) is 12.8 Å². The van der Waals surface area contributed by atoms with Crippen molar-refractivity contribution in [3.05, 3.63) is 0 Å². The number of nitrogens with zero attached hydrogens (tertiary/aromatic N) is 1. The van der Waals surface area contributed by atoms with Gasteiger partial charge in [-0.05, 0) is 32.6 Å². The van der Waals surface area contributed by atoms with E-state index in [-0.39, 0.29) is 0 Å². The lowest BCUT2D eigenvalue weighted by molar-refractivity contribution is 0.152. The molecule has 0 amide bonds. The molecular weight excluding hydrogens is 190 g/mol. The fourth-order valence-corrected chi connectivity index (χ4v) is 1.25. The zero-order valence-corrected chi connectivity index (χ0v) is 9.88. The summed E-state index contributed by atoms with van der Waals surface area (Å²) in [4.78, 5) is 4.51. The maximum atomic E-state index is 5.25. The molecule has 0 aromatic rings. The summed E-state index contributed by atoms with van der Waals surface area (Å²) < 4.78 is 5.25. The molecule has 0 unspecified atom stereocenters. The molecule has 1 rings (SSSR count). The topological polar surface area (TPSA) is 45.7 Å². The van der Waals surface area contributed by atoms with Gasteiger partial charge in [0, 0.05) is 26.2 Å². The van der Waals surface area contributed by atoms with Crippen LogP contribution in [0.2, 0.25) is 0 Å². The minimum atomic E-state index is 0.740. The first-order chi connectivity index (χ1) is 7.36. The van der Waals surface area contributed by atoms with Gasteiger partial charge in [-0.2, -0.15) is 0 Å². The Bertz CT molecular complexity index is 190. The molecule has 0 spiro atoms. The van der Waals surface area contributed by atoms with Crippen molar-refractivity contribution < 1.29 is 4.74 Å². The molecular formula is C11H23N3O. The fourth-order valence-electron chi connectivity index (χ4n) is 1.25. The molecule has 88 valence electrons. The third-order valence-electron chi connectivity index (χ3n) is 2.29. The first kappa shape index (κ1) is 12.3. The normalized spacial score (nSPS) is 16.5. The van der Waals surface area contributed by atoms with Gasteiger partial charge in [0.2, 0.25) is 0 Å². The molecule has 4 heteroatoms. The van der Waals surface area contributed by atoms with Crippen LogP contribution in [0.5, 0.6) is 0 Å². The van der Waals surface area contributed by atoms with Crippen molar-refractivity contribution in [2.45, 2.75) is 26.7 Å². The Morgan fingerprint density at radius 2 is 2.13 bits per heavy atom. The van der Waals surface area contributed by atoms with Crippen LogP contribution in [0.25, 0.3) is 0 Å². The highest BCUT2D eigenvalue weighted by molar-refractivity contribution is 5.79. The van der Waals surface area contributed by atoms with E-state index in [9.17, 15) is 0 Å². The molecule has 4 nitrogen and oxygen atoms in total. The lowest BCUT2D eigenvalue weighted by atomic mass is 10.4. The van der Waals surface area contributed by atoms with Gasteiger partial charge in [0.1, 0.15) is 0 Å². The number of hydrogen-bond acceptors (Lipinski definition) is 2. The van der Waals surface area contributed by atoms with Crippen LogP contribution < -0.4 is 10.6 Å². The first-order valence-electron chi connectivity index (χ1n) is 5.96. The van der Waals surface area contributed by atoms with E-state index < -0.39 is 0 Å². The van der Waals surface area contributed by atoms with Gasteiger partial charge in [0.05, 0.1) is 6.61 Å². The summed E-state index contributed by atoms with van der Waals surface area (Å²) in [7, 11) is 0. The second-order valence-corrected chi connectivity index (χ2v) is 3.79. The molecule has 1 aliphatic carbocycles. The van der Waals surface area contributed by atoms with E-state index >= 15 is 0 Å². The molecule has 0 radical (unpaired) electrons. The molecule has 0 bridgehead atoms. The first-order valence-corrected chi connectivity index (χ1v) is 5.96. The highest BCUT2D eigenvalue weighted by Gasteiger charge is 2.20. The smallest absolute Gasteiger partial charge is 0.191 e. The second-order valence-electron chi connectivity index (χ2n) is 3.79. The van der Waals surface area contributed by atoms with E-state index in [2.05, 4.69) is 22.5 Å². The number of hydrogen-bond donors (Lipinski definition) is 2. The molecule has 1 aliphatic rings. The molecule has 0 aromatic heterocycles. The van der Waals surface area contributed by atoms with Crippen LogP contribution in [0.15, 0.2) is 4.99 Å². The number of nitrogens with one attached hydrogen (secondary N) is 2. The maximum absolute atomic E-state index is 5.25. The Hall–Kier alpha value is -0.770. The fraction of sp³-hybridized carbons (Fsp3) is 0.909. The Balaban J connectivity index is 2.13. The van der Waals surface area contributed by atoms with Crippen molar-refractivity contribution in [2.24, 2.45) is 10.9 Å². The quantitative estimate of drug-likeness (QED) is 0.376. The van der Waals surface area contributed by atoms with Gasteiger partial charge in [-0.3, -0.25) is 4.99 Å². The SMILES string of the molecule is CCNC(=NCC1CC1)NCCOCC. The zero-order valence-electron chi connectivity index (χ0n) is 9.88. The van der Waals surface area contributed by atoms with Crippen LogP contribution >= 0.6 is 0 Å². The molecule has 0 saturated heterocycles. The Kier molecular flexibility index (Phi) is 6.16. The Labute approximate surface area is 92.5 Å². The van der Waals surface area contributed by atoms with E-state index in [1.807, 2.05) is 6.92 Å². The van der Waals surface area contributed by atoms with Gasteiger partial charge in [-0.25, -0.2) is 0 Å². The third-order valence-corrected chi connectivity index (χ3v) is 2.29. The van der Waals surface area contributed by atoms with E-state index in [0.29, 0.717) is 0 Å². The summed E-state index contributed by atoms with van der Waals surface area (Å²) in [5.41, 5.74) is 0. The highest BCUT2D eigenvalue weighted by Crippen LogP contribution is 2.28. The van der Waals surface area contributed by atoms with Gasteiger partial charge in [-0.1, -0.05) is 0 Å². The largest absolute Gasteiger partial charge is 0.380 e. The molecule has 0 aliphatic heterocycles. The number of guanidine groups is 1. The van der Waals surface area contributed by atoms with E-state index in [1.54, 1.807) is 0 Å². The van der Waals surface area contributed by atoms with E-state index in [0.717, 1.165) is 44.7 Å². The summed E-state index contributed by atoms with van der Waals surface area (Å²) in [6.45, 7) is 8.30. The molecule has 15 heavy (non-hydrogen) atoms. The molecule has 0 heterocycles. The molecule has 1 saturated carbocycles. The number of ether oxygens (including phenoxy) is 1. The average molecular weight is 213 g/mol. The van der Waals surface area contributed by atoms with Crippen LogP contribution in [0.3, 0.4) is 0 Å². The van der Waals surface area contributed by atoms with Gasteiger partial charge >= 0.3 is 0 Å². The molecule has 0 atom stereocenters. The highest BCUT2D eigenvalue weighted by atomic mass is 16.5. The van der Waals surface area contributed by atoms with Crippen molar-refractivity contribution in [3.8, 4) is 0 Å². The van der Waals surface area contributed by atoms with Gasteiger partial charge in [-0.15, -0.1) is 0 Å². The monoisotopic (exact) mass is 213 g/mol. The molecule has 0 aromatic carbocycles. The minimum Gasteiger partial charge on any atom is -0.380 e. The minimum absolute atomic E-state index is 0.740. The van der Waals surface area contributed by atoms with Gasteiger partial charge in [0.25, 0.3) is 0 Å². The summed E-state index contributed by atoms with van der Waals surface area (Å²) in [6, 6.07) is 0. The van der Waals surface area contributed by atoms with Crippen molar-refractivity contribution in [2.75, 3.05) is 32.8 Å². The van der Waals surface area contributed by atoms with Crippen molar-refractivity contribution in [3.63, 3.8) is 0 Å². The van der Waals surface area contributed by atoms with Gasteiger partial charge < -0.3 is 15.4 Å². The zero-order chi connectivity index (χ0) is 10.9. The molecule has 2 N–H and O–H groups in total. The van der Waals surface area contributed by atoms with Gasteiger partial charge in [0.15, 0.2) is 5.96 Å². The summed E-state index contributed by atoms with van der Waals surface area (Å²) in [5, 5.41) is 6.48. The molecule has 1 fully saturated rings. The van der Waals surface area contributed by atoms with Crippen LogP contribution in [0.1, 0.15) is 26.7 Å². The van der Waals surface area contributed by atoms with Crippen LogP contribution in [-0.4, -0.2) is 38.8 Å². The Morgan fingerprint density at radius 3 is 2.73 bits per heavy atom. The van der Waals surface area contributed by atoms with Crippen LogP contribution in [-0.2, 0) is 4.74 Å². The summed E-state index contributed by atoms with van der Waals surface area (Å²) in [5.74, 6) is 1.76. The predicted octanol–water partition coefficient (Wildman–Crippen LogP) is 0.988. The maximum Gasteiger partial charge on any atom is 0.191 e. The van der Waals surface area contributed by atoms with Crippen LogP contribution in [0, 0.1) is 5.92 Å². The summed E-state index contributed by atoms with van der Waals surface area (Å²) >= 11 is 0. The standard InChI is InChI=1S/C11H23N3O/c1-3-12-11(13-7-8-15-4-2)14-9-10-5-6-10/h10H,3-9H2,1-2H3,(H2,12,13,14).